The smallest absolute Gasteiger partial charge is 0.483 e. The zero-order valence-corrected chi connectivity index (χ0v) is 13.2. The summed E-state index contributed by atoms with van der Waals surface area (Å²) in [6, 6.07) is 0.724. The van der Waals surface area contributed by atoms with Crippen molar-refractivity contribution in [1.29, 1.82) is 0 Å². The molecule has 0 bridgehead atoms. The Hall–Kier alpha value is -1.34. The number of likely N-dealkylation sites (N-methyl/N-ethyl adjacent to an activating group) is 1. The first-order chi connectivity index (χ1) is 10.6. The highest BCUT2D eigenvalue weighted by Gasteiger charge is 2.45. The molecule has 7 nitrogen and oxygen atoms in total. The van der Waals surface area contributed by atoms with Crippen molar-refractivity contribution in [3.05, 3.63) is 0 Å². The van der Waals surface area contributed by atoms with Crippen LogP contribution in [0, 0.1) is 0 Å². The zero-order valence-electron chi connectivity index (χ0n) is 13.2. The minimum Gasteiger partial charge on any atom is -0.483 e. The van der Waals surface area contributed by atoms with Gasteiger partial charge in [-0.1, -0.05) is 6.92 Å². The molecule has 1 spiro atoms. The maximum absolute atomic E-state index is 11.1. The van der Waals surface area contributed by atoms with E-state index in [1.54, 1.807) is 0 Å². The number of hydrogen-bond acceptors (Lipinski definition) is 6. The number of carboxylic acid groups (broad SMARTS) is 1. The van der Waals surface area contributed by atoms with Crippen molar-refractivity contribution in [3.8, 4) is 0 Å². The number of nitrogens with zero attached hydrogens (tertiary/aromatic N) is 2. The van der Waals surface area contributed by atoms with Crippen LogP contribution < -0.4 is 0 Å². The molecule has 0 aromatic rings. The maximum Gasteiger partial charge on any atom is 0.509 e. The van der Waals surface area contributed by atoms with Gasteiger partial charge in [0.25, 0.3) is 6.47 Å². The predicted octanol–water partition coefficient (Wildman–Crippen LogP) is 1.17. The van der Waals surface area contributed by atoms with Crippen LogP contribution in [0.1, 0.15) is 32.6 Å². The van der Waals surface area contributed by atoms with E-state index in [9.17, 15) is 4.79 Å². The normalized spacial score (nSPS) is 27.9. The number of carbonyl (C=O) groups is 2. The number of hydrogen-bond donors (Lipinski definition) is 1. The first kappa shape index (κ1) is 17.0. The number of carbonyl (C=O) groups excluding carboxylic acids is 1. The molecule has 1 N–H and O–H groups in total. The Balaban J connectivity index is 0.000000545. The molecule has 3 aliphatic rings. The topological polar surface area (TPSA) is 79.3 Å². The van der Waals surface area contributed by atoms with Crippen LogP contribution in [0.5, 0.6) is 0 Å². The summed E-state index contributed by atoms with van der Waals surface area (Å²) in [7, 11) is 0. The average molecular weight is 314 g/mol. The minimum absolute atomic E-state index is 0.250. The van der Waals surface area contributed by atoms with Gasteiger partial charge < -0.3 is 19.5 Å². The third kappa shape index (κ3) is 4.10. The summed E-state index contributed by atoms with van der Waals surface area (Å²) in [5, 5.41) is 6.89. The first-order valence-electron chi connectivity index (χ1n) is 8.02. The molecule has 126 valence electrons. The van der Waals surface area contributed by atoms with Crippen molar-refractivity contribution >= 4 is 12.6 Å². The van der Waals surface area contributed by atoms with Crippen LogP contribution in [0.15, 0.2) is 0 Å². The molecule has 7 heteroatoms. The summed E-state index contributed by atoms with van der Waals surface area (Å²) >= 11 is 0. The average Bonchev–Trinajstić information content (AvgIpc) is 3.10. The lowest BCUT2D eigenvalue weighted by molar-refractivity contribution is -0.122. The van der Waals surface area contributed by atoms with Gasteiger partial charge in [0.05, 0.1) is 0 Å². The van der Waals surface area contributed by atoms with Crippen LogP contribution in [-0.2, 0) is 14.3 Å². The molecule has 1 atom stereocenters. The quantitative estimate of drug-likeness (QED) is 0.619. The molecule has 0 aromatic carbocycles. The molecule has 0 saturated carbocycles. The van der Waals surface area contributed by atoms with Gasteiger partial charge in [-0.3, -0.25) is 9.69 Å². The van der Waals surface area contributed by atoms with Crippen LogP contribution in [-0.4, -0.2) is 78.5 Å². The van der Waals surface area contributed by atoms with E-state index in [4.69, 9.17) is 19.4 Å². The summed E-state index contributed by atoms with van der Waals surface area (Å²) in [4.78, 5) is 24.6. The van der Waals surface area contributed by atoms with E-state index in [0.29, 0.717) is 6.61 Å². The Morgan fingerprint density at radius 2 is 2.05 bits per heavy atom. The molecule has 3 saturated heterocycles. The fraction of sp³-hybridized carbons (Fsp3) is 0.867. The van der Waals surface area contributed by atoms with Crippen molar-refractivity contribution in [3.63, 3.8) is 0 Å². The highest BCUT2D eigenvalue weighted by atomic mass is 16.8. The second kappa shape index (κ2) is 7.78. The van der Waals surface area contributed by atoms with Gasteiger partial charge in [-0.15, -0.1) is 0 Å². The second-order valence-electron chi connectivity index (χ2n) is 6.15. The molecule has 3 rings (SSSR count). The highest BCUT2D eigenvalue weighted by Crippen LogP contribution is 2.32. The van der Waals surface area contributed by atoms with E-state index < -0.39 is 6.16 Å². The molecule has 0 aromatic heterocycles. The molecule has 1 unspecified atom stereocenters. The Kier molecular flexibility index (Phi) is 6.02. The van der Waals surface area contributed by atoms with E-state index in [2.05, 4.69) is 16.7 Å². The van der Waals surface area contributed by atoms with Crippen molar-refractivity contribution in [1.82, 2.24) is 9.80 Å². The molecule has 0 amide bonds. The lowest BCUT2D eigenvalue weighted by atomic mass is 9.92. The lowest BCUT2D eigenvalue weighted by Crippen LogP contribution is -2.49. The number of cyclic esters (lactones) is 1. The van der Waals surface area contributed by atoms with E-state index in [1.165, 1.54) is 25.9 Å². The third-order valence-corrected chi connectivity index (χ3v) is 4.89. The number of likely N-dealkylation sites (tertiary alicyclic amines) is 2. The SMILES string of the molecule is CCN1CCCC1CN1CCC2(CC1)COC(=O)O2.O=CO. The van der Waals surface area contributed by atoms with Crippen LogP contribution in [0.2, 0.25) is 0 Å². The fourth-order valence-electron chi connectivity index (χ4n) is 3.63. The van der Waals surface area contributed by atoms with E-state index in [0.717, 1.165) is 38.5 Å². The number of rotatable bonds is 3. The number of ether oxygens (including phenoxy) is 2. The van der Waals surface area contributed by atoms with Crippen LogP contribution >= 0.6 is 0 Å². The summed E-state index contributed by atoms with van der Waals surface area (Å²) in [5.41, 5.74) is -0.312. The van der Waals surface area contributed by atoms with Crippen LogP contribution in [0.4, 0.5) is 4.79 Å². The summed E-state index contributed by atoms with van der Waals surface area (Å²) < 4.78 is 10.3. The second-order valence-corrected chi connectivity index (χ2v) is 6.15. The third-order valence-electron chi connectivity index (χ3n) is 4.89. The molecule has 3 fully saturated rings. The van der Waals surface area contributed by atoms with Gasteiger partial charge in [-0.25, -0.2) is 4.79 Å². The fourth-order valence-corrected chi connectivity index (χ4v) is 3.63. The standard InChI is InChI=1S/C14H24N2O3.CH2O2/c1-2-16-7-3-4-12(16)10-15-8-5-14(6-9-15)11-18-13(17)19-14;2-1-3/h12H,2-11H2,1H3;1H,(H,2,3). The van der Waals surface area contributed by atoms with Crippen LogP contribution in [0.25, 0.3) is 0 Å². The Morgan fingerprint density at radius 1 is 1.36 bits per heavy atom. The van der Waals surface area contributed by atoms with Crippen molar-refractivity contribution in [2.45, 2.75) is 44.2 Å². The maximum atomic E-state index is 11.1. The summed E-state index contributed by atoms with van der Waals surface area (Å²) in [6.45, 7) is 8.06. The molecule has 0 radical (unpaired) electrons. The van der Waals surface area contributed by atoms with Crippen molar-refractivity contribution in [2.24, 2.45) is 0 Å². The molecular formula is C15H26N2O5. The highest BCUT2D eigenvalue weighted by molar-refractivity contribution is 5.62. The van der Waals surface area contributed by atoms with Gasteiger partial charge in [0.1, 0.15) is 6.61 Å². The Bertz CT molecular complexity index is 382. The molecular weight excluding hydrogens is 288 g/mol. The molecule has 3 heterocycles. The molecule has 22 heavy (non-hydrogen) atoms. The predicted molar refractivity (Wildman–Crippen MR) is 79.8 cm³/mol. The van der Waals surface area contributed by atoms with E-state index in [-0.39, 0.29) is 12.1 Å². The largest absolute Gasteiger partial charge is 0.509 e. The molecule has 3 aliphatic heterocycles. The van der Waals surface area contributed by atoms with Gasteiger partial charge in [0, 0.05) is 38.5 Å². The minimum atomic E-state index is -0.485. The Labute approximate surface area is 131 Å². The van der Waals surface area contributed by atoms with Gasteiger partial charge in [0.2, 0.25) is 0 Å². The van der Waals surface area contributed by atoms with Gasteiger partial charge >= 0.3 is 6.16 Å². The Morgan fingerprint density at radius 3 is 2.59 bits per heavy atom. The lowest BCUT2D eigenvalue weighted by Gasteiger charge is -2.38. The van der Waals surface area contributed by atoms with Crippen LogP contribution in [0.3, 0.4) is 0 Å². The monoisotopic (exact) mass is 314 g/mol. The van der Waals surface area contributed by atoms with E-state index >= 15 is 0 Å². The van der Waals surface area contributed by atoms with Crippen molar-refractivity contribution in [2.75, 3.05) is 39.3 Å². The zero-order chi connectivity index (χ0) is 16.0. The summed E-state index contributed by atoms with van der Waals surface area (Å²) in [5.74, 6) is 0. The van der Waals surface area contributed by atoms with E-state index in [1.807, 2.05) is 0 Å². The van der Waals surface area contributed by atoms with Crippen molar-refractivity contribution < 1.29 is 24.2 Å². The van der Waals surface area contributed by atoms with Gasteiger partial charge in [-0.05, 0) is 25.9 Å². The van der Waals surface area contributed by atoms with Gasteiger partial charge in [0.15, 0.2) is 5.60 Å². The number of piperidine rings is 1. The molecule has 0 aliphatic carbocycles. The first-order valence-corrected chi connectivity index (χ1v) is 8.02. The summed E-state index contributed by atoms with van der Waals surface area (Å²) in [6.07, 6.45) is 4.01. The van der Waals surface area contributed by atoms with Gasteiger partial charge in [-0.2, -0.15) is 0 Å².